The second-order valence-corrected chi connectivity index (χ2v) is 6.33. The molecule has 0 spiro atoms. The molecule has 0 heterocycles. The Balaban J connectivity index is 2.07. The van der Waals surface area contributed by atoms with Gasteiger partial charge >= 0.3 is 0 Å². The van der Waals surface area contributed by atoms with Gasteiger partial charge < -0.3 is 5.32 Å². The fraction of sp³-hybridized carbons (Fsp3) is 0.933. The van der Waals surface area contributed by atoms with Gasteiger partial charge in [0.15, 0.2) is 0 Å². The third kappa shape index (κ3) is 6.66. The molecule has 1 rings (SSSR count). The van der Waals surface area contributed by atoms with E-state index in [4.69, 9.17) is 0 Å². The minimum Gasteiger partial charge on any atom is -0.313 e. The summed E-state index contributed by atoms with van der Waals surface area (Å²) in [7, 11) is 0. The van der Waals surface area contributed by atoms with E-state index in [1.165, 1.54) is 57.1 Å². The van der Waals surface area contributed by atoms with Crippen LogP contribution >= 0.6 is 11.8 Å². The van der Waals surface area contributed by atoms with Crippen molar-refractivity contribution in [3.63, 3.8) is 0 Å². The van der Waals surface area contributed by atoms with E-state index in [1.807, 2.05) is 11.8 Å². The van der Waals surface area contributed by atoms with Crippen molar-refractivity contribution in [1.82, 2.24) is 5.32 Å². The number of nitrogens with zero attached hydrogens (tertiary/aromatic N) is 1. The summed E-state index contributed by atoms with van der Waals surface area (Å²) in [6.07, 6.45) is 13.6. The molecule has 0 aromatic carbocycles. The predicted octanol–water partition coefficient (Wildman–Crippen LogP) is 3.97. The van der Waals surface area contributed by atoms with Gasteiger partial charge in [-0.25, -0.2) is 0 Å². The predicted molar refractivity (Wildman–Crippen MR) is 80.8 cm³/mol. The number of thioether (sulfide) groups is 1. The third-order valence-corrected chi connectivity index (χ3v) is 4.56. The van der Waals surface area contributed by atoms with E-state index in [0.717, 1.165) is 13.0 Å². The Labute approximate surface area is 117 Å². The van der Waals surface area contributed by atoms with Crippen molar-refractivity contribution in [3.05, 3.63) is 0 Å². The maximum atomic E-state index is 9.19. The number of rotatable bonds is 8. The highest BCUT2D eigenvalue weighted by molar-refractivity contribution is 7.98. The highest BCUT2D eigenvalue weighted by atomic mass is 32.2. The maximum absolute atomic E-state index is 9.19. The van der Waals surface area contributed by atoms with Gasteiger partial charge in [0.1, 0.15) is 0 Å². The number of unbranched alkanes of at least 4 members (excludes halogenated alkanes) is 3. The first-order valence-electron chi connectivity index (χ1n) is 7.50. The van der Waals surface area contributed by atoms with Crippen molar-refractivity contribution >= 4 is 11.8 Å². The second-order valence-electron chi connectivity index (χ2n) is 5.34. The van der Waals surface area contributed by atoms with Crippen LogP contribution in [0.5, 0.6) is 0 Å². The van der Waals surface area contributed by atoms with Crippen molar-refractivity contribution in [3.8, 4) is 6.07 Å². The van der Waals surface area contributed by atoms with Crippen LogP contribution < -0.4 is 5.32 Å². The first kappa shape index (κ1) is 15.9. The van der Waals surface area contributed by atoms with Crippen LogP contribution in [0.25, 0.3) is 0 Å². The van der Waals surface area contributed by atoms with Crippen LogP contribution in [-0.2, 0) is 0 Å². The normalized spacial score (nSPS) is 24.4. The highest BCUT2D eigenvalue weighted by Crippen LogP contribution is 2.22. The number of nitriles is 1. The Hall–Kier alpha value is -0.200. The largest absolute Gasteiger partial charge is 0.313 e. The van der Waals surface area contributed by atoms with Crippen molar-refractivity contribution in [2.24, 2.45) is 5.92 Å². The van der Waals surface area contributed by atoms with E-state index < -0.39 is 0 Å². The molecule has 0 aromatic heterocycles. The van der Waals surface area contributed by atoms with Gasteiger partial charge in [-0.15, -0.1) is 0 Å². The smallest absolute Gasteiger partial charge is 0.0672 e. The minimum atomic E-state index is 0.254. The van der Waals surface area contributed by atoms with Crippen LogP contribution in [0.2, 0.25) is 0 Å². The molecule has 18 heavy (non-hydrogen) atoms. The molecule has 1 aliphatic rings. The van der Waals surface area contributed by atoms with E-state index in [2.05, 4.69) is 17.6 Å². The monoisotopic (exact) mass is 268 g/mol. The molecule has 2 unspecified atom stereocenters. The van der Waals surface area contributed by atoms with Crippen molar-refractivity contribution < 1.29 is 0 Å². The Morgan fingerprint density at radius 2 is 1.89 bits per heavy atom. The van der Waals surface area contributed by atoms with Crippen LogP contribution in [-0.4, -0.2) is 24.6 Å². The molecule has 0 amide bonds. The average molecular weight is 268 g/mol. The van der Waals surface area contributed by atoms with Crippen molar-refractivity contribution in [2.45, 2.75) is 63.8 Å². The first-order valence-corrected chi connectivity index (χ1v) is 8.90. The number of hydrogen-bond donors (Lipinski definition) is 1. The van der Waals surface area contributed by atoms with Crippen LogP contribution in [0.4, 0.5) is 0 Å². The van der Waals surface area contributed by atoms with Crippen LogP contribution in [0.1, 0.15) is 57.8 Å². The summed E-state index contributed by atoms with van der Waals surface area (Å²) in [6, 6.07) is 2.96. The van der Waals surface area contributed by atoms with Gasteiger partial charge in [0.2, 0.25) is 0 Å². The van der Waals surface area contributed by atoms with Gasteiger partial charge in [0.05, 0.1) is 12.0 Å². The zero-order valence-corrected chi connectivity index (χ0v) is 12.6. The van der Waals surface area contributed by atoms with E-state index in [9.17, 15) is 5.26 Å². The summed E-state index contributed by atoms with van der Waals surface area (Å²) in [5, 5.41) is 12.8. The van der Waals surface area contributed by atoms with E-state index in [0.29, 0.717) is 6.04 Å². The molecule has 2 nitrogen and oxygen atoms in total. The van der Waals surface area contributed by atoms with E-state index in [-0.39, 0.29) is 5.92 Å². The summed E-state index contributed by atoms with van der Waals surface area (Å²) in [4.78, 5) is 0. The SMILES string of the molecule is CSCCCCCCNC1CCCCCC1C#N. The molecule has 0 bridgehead atoms. The molecule has 0 aliphatic heterocycles. The van der Waals surface area contributed by atoms with Crippen LogP contribution in [0.3, 0.4) is 0 Å². The zero-order valence-electron chi connectivity index (χ0n) is 11.8. The number of hydrogen-bond acceptors (Lipinski definition) is 3. The Morgan fingerprint density at radius 3 is 2.67 bits per heavy atom. The molecular weight excluding hydrogens is 240 g/mol. The molecule has 0 aromatic rings. The fourth-order valence-corrected chi connectivity index (χ4v) is 3.21. The van der Waals surface area contributed by atoms with Gasteiger partial charge in [0, 0.05) is 6.04 Å². The lowest BCUT2D eigenvalue weighted by Gasteiger charge is -2.20. The zero-order chi connectivity index (χ0) is 13.1. The lowest BCUT2D eigenvalue weighted by molar-refractivity contribution is 0.390. The summed E-state index contributed by atoms with van der Waals surface area (Å²) in [5.41, 5.74) is 0. The molecule has 3 heteroatoms. The minimum absolute atomic E-state index is 0.254. The first-order chi connectivity index (χ1) is 8.88. The van der Waals surface area contributed by atoms with Crippen LogP contribution in [0.15, 0.2) is 0 Å². The molecule has 1 aliphatic carbocycles. The van der Waals surface area contributed by atoms with E-state index in [1.54, 1.807) is 0 Å². The molecule has 104 valence electrons. The molecule has 0 saturated heterocycles. The molecule has 1 saturated carbocycles. The average Bonchev–Trinajstić information content (AvgIpc) is 2.62. The quantitative estimate of drug-likeness (QED) is 0.534. The lowest BCUT2D eigenvalue weighted by Crippen LogP contribution is -2.35. The Morgan fingerprint density at radius 1 is 1.11 bits per heavy atom. The summed E-state index contributed by atoms with van der Waals surface area (Å²) >= 11 is 1.94. The van der Waals surface area contributed by atoms with Gasteiger partial charge in [-0.3, -0.25) is 0 Å². The fourth-order valence-electron chi connectivity index (χ4n) is 2.72. The lowest BCUT2D eigenvalue weighted by atomic mass is 9.96. The van der Waals surface area contributed by atoms with Gasteiger partial charge in [-0.2, -0.15) is 17.0 Å². The standard InChI is InChI=1S/C15H28N2S/c1-18-12-8-3-2-7-11-17-15-10-6-4-5-9-14(15)13-16/h14-15,17H,2-12H2,1H3. The topological polar surface area (TPSA) is 35.8 Å². The molecule has 1 fully saturated rings. The summed E-state index contributed by atoms with van der Waals surface area (Å²) < 4.78 is 0. The maximum Gasteiger partial charge on any atom is 0.0672 e. The molecular formula is C15H28N2S. The van der Waals surface area contributed by atoms with Crippen LogP contribution in [0, 0.1) is 17.2 Å². The van der Waals surface area contributed by atoms with Gasteiger partial charge in [-0.1, -0.05) is 32.1 Å². The Kier molecular flexibility index (Phi) is 9.42. The van der Waals surface area contributed by atoms with Crippen molar-refractivity contribution in [2.75, 3.05) is 18.6 Å². The molecule has 1 N–H and O–H groups in total. The highest BCUT2D eigenvalue weighted by Gasteiger charge is 2.22. The molecule has 2 atom stereocenters. The van der Waals surface area contributed by atoms with Gasteiger partial charge in [-0.05, 0) is 44.2 Å². The second kappa shape index (κ2) is 10.7. The Bertz CT molecular complexity index is 237. The molecule has 0 radical (unpaired) electrons. The van der Waals surface area contributed by atoms with Crippen molar-refractivity contribution in [1.29, 1.82) is 5.26 Å². The third-order valence-electron chi connectivity index (χ3n) is 3.86. The van der Waals surface area contributed by atoms with E-state index >= 15 is 0 Å². The summed E-state index contributed by atoms with van der Waals surface area (Å²) in [6.45, 7) is 1.10. The van der Waals surface area contributed by atoms with Gasteiger partial charge in [0.25, 0.3) is 0 Å². The summed E-state index contributed by atoms with van der Waals surface area (Å²) in [5.74, 6) is 1.55. The number of nitrogens with one attached hydrogen (secondary N) is 1.